The van der Waals surface area contributed by atoms with Gasteiger partial charge in [-0.25, -0.2) is 8.78 Å². The van der Waals surface area contributed by atoms with E-state index in [1.807, 2.05) is 0 Å². The molecule has 7 heteroatoms. The number of ketones is 1. The van der Waals surface area contributed by atoms with E-state index >= 15 is 0 Å². The largest absolute Gasteiger partial charge is 0.434 e. The Balaban J connectivity index is 3.33. The molecule has 0 saturated carbocycles. The minimum atomic E-state index is -3.27. The summed E-state index contributed by atoms with van der Waals surface area (Å²) in [6.45, 7) is -2.11. The highest BCUT2D eigenvalue weighted by Crippen LogP contribution is 2.36. The van der Waals surface area contributed by atoms with E-state index in [1.54, 1.807) is 0 Å². The van der Waals surface area contributed by atoms with Gasteiger partial charge in [0.1, 0.15) is 5.75 Å². The maximum Gasteiger partial charge on any atom is 0.387 e. The van der Waals surface area contributed by atoms with E-state index in [9.17, 15) is 22.4 Å². The molecule has 0 aliphatic carbocycles. The number of hydrogen-bond donors (Lipinski definition) is 1. The topological polar surface area (TPSA) is 52.3 Å². The number of rotatable bonds is 4. The van der Waals surface area contributed by atoms with Crippen LogP contribution in [0.3, 0.4) is 0 Å². The maximum atomic E-state index is 12.6. The zero-order valence-corrected chi connectivity index (χ0v) is 8.72. The fourth-order valence-electron chi connectivity index (χ4n) is 1.28. The molecule has 0 unspecified atom stereocenters. The number of nitrogen functional groups attached to an aromatic ring is 1. The molecule has 1 aromatic carbocycles. The highest BCUT2D eigenvalue weighted by atomic mass is 19.3. The summed E-state index contributed by atoms with van der Waals surface area (Å²) in [5, 5.41) is 0. The third kappa shape index (κ3) is 3.08. The van der Waals surface area contributed by atoms with Gasteiger partial charge in [-0.05, 0) is 19.1 Å². The van der Waals surface area contributed by atoms with Gasteiger partial charge in [-0.3, -0.25) is 4.79 Å². The Bertz CT molecular complexity index is 435. The number of benzene rings is 1. The fraction of sp³-hybridized carbons (Fsp3) is 0.300. The summed E-state index contributed by atoms with van der Waals surface area (Å²) in [4.78, 5) is 11.0. The molecule has 1 aromatic rings. The SMILES string of the molecule is CC(=O)c1cc(N)c(C(F)F)c(OC(F)F)c1. The summed E-state index contributed by atoms with van der Waals surface area (Å²) in [7, 11) is 0. The third-order valence-corrected chi connectivity index (χ3v) is 2.01. The van der Waals surface area contributed by atoms with Gasteiger partial charge in [0.25, 0.3) is 6.43 Å². The van der Waals surface area contributed by atoms with Crippen LogP contribution < -0.4 is 10.5 Å². The zero-order chi connectivity index (χ0) is 13.2. The molecule has 0 saturated heterocycles. The first-order valence-electron chi connectivity index (χ1n) is 4.50. The molecule has 0 fully saturated rings. The van der Waals surface area contributed by atoms with Crippen molar-refractivity contribution >= 4 is 11.5 Å². The highest BCUT2D eigenvalue weighted by Gasteiger charge is 2.22. The first-order chi connectivity index (χ1) is 7.82. The van der Waals surface area contributed by atoms with Gasteiger partial charge in [-0.1, -0.05) is 0 Å². The van der Waals surface area contributed by atoms with Gasteiger partial charge in [0, 0.05) is 11.3 Å². The molecular formula is C10H9F4NO2. The summed E-state index contributed by atoms with van der Waals surface area (Å²) in [6, 6.07) is 1.83. The molecule has 0 aliphatic heterocycles. The number of anilines is 1. The van der Waals surface area contributed by atoms with Crippen molar-refractivity contribution in [3.8, 4) is 5.75 Å². The van der Waals surface area contributed by atoms with Crippen LogP contribution in [0.25, 0.3) is 0 Å². The number of nitrogens with two attached hydrogens (primary N) is 1. The predicted octanol–water partition coefficient (Wildman–Crippen LogP) is 3.01. The number of carbonyl (C=O) groups excluding carboxylic acids is 1. The normalized spacial score (nSPS) is 11.0. The summed E-state index contributed by atoms with van der Waals surface area (Å²) in [5.41, 5.74) is 3.92. The van der Waals surface area contributed by atoms with Crippen molar-refractivity contribution < 1.29 is 27.1 Å². The summed E-state index contributed by atoms with van der Waals surface area (Å²) in [5.74, 6) is -1.27. The van der Waals surface area contributed by atoms with Gasteiger partial charge >= 0.3 is 6.61 Å². The second-order valence-corrected chi connectivity index (χ2v) is 3.21. The molecule has 17 heavy (non-hydrogen) atoms. The van der Waals surface area contributed by atoms with Crippen LogP contribution in [0.2, 0.25) is 0 Å². The number of hydrogen-bond acceptors (Lipinski definition) is 3. The van der Waals surface area contributed by atoms with Crippen LogP contribution >= 0.6 is 0 Å². The van der Waals surface area contributed by atoms with Gasteiger partial charge < -0.3 is 10.5 Å². The van der Waals surface area contributed by atoms with Crippen LogP contribution in [0.15, 0.2) is 12.1 Å². The van der Waals surface area contributed by atoms with Crippen LogP contribution in [-0.2, 0) is 0 Å². The second-order valence-electron chi connectivity index (χ2n) is 3.21. The Labute approximate surface area is 94.2 Å². The van der Waals surface area contributed by atoms with Crippen LogP contribution in [0.1, 0.15) is 29.3 Å². The summed E-state index contributed by atoms with van der Waals surface area (Å²) in [6.07, 6.45) is -3.07. The van der Waals surface area contributed by atoms with Gasteiger partial charge in [0.05, 0.1) is 5.56 Å². The van der Waals surface area contributed by atoms with Gasteiger partial charge in [-0.2, -0.15) is 8.78 Å². The Morgan fingerprint density at radius 1 is 1.29 bits per heavy atom. The van der Waals surface area contributed by atoms with Crippen LogP contribution in [-0.4, -0.2) is 12.4 Å². The van der Waals surface area contributed by atoms with Gasteiger partial charge in [0.2, 0.25) is 0 Å². The monoisotopic (exact) mass is 251 g/mol. The lowest BCUT2D eigenvalue weighted by Gasteiger charge is -2.13. The predicted molar refractivity (Wildman–Crippen MR) is 52.4 cm³/mol. The van der Waals surface area contributed by atoms with E-state index < -0.39 is 35.8 Å². The molecular weight excluding hydrogens is 242 g/mol. The average molecular weight is 251 g/mol. The van der Waals surface area contributed by atoms with Crippen LogP contribution in [0, 0.1) is 0 Å². The number of ether oxygens (including phenoxy) is 1. The maximum absolute atomic E-state index is 12.6. The molecule has 0 amide bonds. The van der Waals surface area contributed by atoms with E-state index in [1.165, 1.54) is 0 Å². The van der Waals surface area contributed by atoms with E-state index in [0.717, 1.165) is 19.1 Å². The summed E-state index contributed by atoms with van der Waals surface area (Å²) >= 11 is 0. The Hall–Kier alpha value is -1.79. The number of carbonyl (C=O) groups is 1. The fourth-order valence-corrected chi connectivity index (χ4v) is 1.28. The number of alkyl halides is 4. The third-order valence-electron chi connectivity index (χ3n) is 2.01. The van der Waals surface area contributed by atoms with Gasteiger partial charge in [-0.15, -0.1) is 0 Å². The molecule has 1 rings (SSSR count). The van der Waals surface area contributed by atoms with Crippen molar-refractivity contribution in [1.82, 2.24) is 0 Å². The quantitative estimate of drug-likeness (QED) is 0.508. The standard InChI is InChI=1S/C10H9F4NO2/c1-4(16)5-2-6(15)8(9(11)12)7(3-5)17-10(13)14/h2-3,9-10H,15H2,1H3. The molecule has 0 atom stereocenters. The Kier molecular flexibility index (Phi) is 3.93. The molecule has 94 valence electrons. The van der Waals surface area contributed by atoms with Crippen LogP contribution in [0.4, 0.5) is 23.2 Å². The van der Waals surface area contributed by atoms with E-state index in [0.29, 0.717) is 0 Å². The van der Waals surface area contributed by atoms with Crippen molar-refractivity contribution in [1.29, 1.82) is 0 Å². The molecule has 3 nitrogen and oxygen atoms in total. The minimum Gasteiger partial charge on any atom is -0.434 e. The molecule has 0 spiro atoms. The van der Waals surface area contributed by atoms with E-state index in [2.05, 4.69) is 4.74 Å². The van der Waals surface area contributed by atoms with Crippen molar-refractivity contribution in [3.05, 3.63) is 23.3 Å². The molecule has 0 aliphatic rings. The summed E-state index contributed by atoms with van der Waals surface area (Å²) < 4.78 is 53.2. The Morgan fingerprint density at radius 2 is 1.88 bits per heavy atom. The van der Waals surface area contributed by atoms with E-state index in [4.69, 9.17) is 5.73 Å². The zero-order valence-electron chi connectivity index (χ0n) is 8.72. The smallest absolute Gasteiger partial charge is 0.387 e. The van der Waals surface area contributed by atoms with Crippen molar-refractivity contribution in [2.45, 2.75) is 20.0 Å². The number of halogens is 4. The van der Waals surface area contributed by atoms with Gasteiger partial charge in [0.15, 0.2) is 5.78 Å². The number of Topliss-reactive ketones (excluding diaryl/α,β-unsaturated/α-hetero) is 1. The molecule has 0 bridgehead atoms. The van der Waals surface area contributed by atoms with E-state index in [-0.39, 0.29) is 5.56 Å². The molecule has 2 N–H and O–H groups in total. The van der Waals surface area contributed by atoms with Crippen molar-refractivity contribution in [2.24, 2.45) is 0 Å². The average Bonchev–Trinajstić information content (AvgIpc) is 2.14. The molecule has 0 heterocycles. The van der Waals surface area contributed by atoms with Crippen molar-refractivity contribution in [3.63, 3.8) is 0 Å². The Morgan fingerprint density at radius 3 is 2.29 bits per heavy atom. The lowest BCUT2D eigenvalue weighted by Crippen LogP contribution is -2.08. The minimum absolute atomic E-state index is 0.0671. The second kappa shape index (κ2) is 5.03. The lowest BCUT2D eigenvalue weighted by molar-refractivity contribution is -0.0519. The van der Waals surface area contributed by atoms with Crippen LogP contribution in [0.5, 0.6) is 5.75 Å². The van der Waals surface area contributed by atoms with Crippen molar-refractivity contribution in [2.75, 3.05) is 5.73 Å². The first kappa shape index (κ1) is 13.3. The lowest BCUT2D eigenvalue weighted by atomic mass is 10.1. The first-order valence-corrected chi connectivity index (χ1v) is 4.50. The highest BCUT2D eigenvalue weighted by molar-refractivity contribution is 5.95. The molecule has 0 aromatic heterocycles. The molecule has 0 radical (unpaired) electrons.